The van der Waals surface area contributed by atoms with E-state index in [4.69, 9.17) is 21.1 Å². The maximum atomic E-state index is 10.0. The number of ether oxygens (including phenoxy) is 2. The first-order valence-corrected chi connectivity index (χ1v) is 10.3. The van der Waals surface area contributed by atoms with Crippen molar-refractivity contribution in [2.75, 3.05) is 19.8 Å². The van der Waals surface area contributed by atoms with E-state index in [1.54, 1.807) is 0 Å². The second kappa shape index (κ2) is 8.76. The third-order valence-corrected chi connectivity index (χ3v) is 5.46. The molecule has 1 aliphatic rings. The molecule has 30 heavy (non-hydrogen) atoms. The average Bonchev–Trinajstić information content (AvgIpc) is 2.75. The average molecular weight is 423 g/mol. The molecule has 5 nitrogen and oxygen atoms in total. The molecular weight excluding hydrogens is 400 g/mol. The maximum Gasteiger partial charge on any atom is 0.221 e. The lowest BCUT2D eigenvalue weighted by atomic mass is 9.92. The second-order valence-corrected chi connectivity index (χ2v) is 7.61. The van der Waals surface area contributed by atoms with Crippen molar-refractivity contribution in [1.29, 1.82) is 0 Å². The number of hydrogen-bond donors (Lipinski definition) is 1. The molecule has 6 heteroatoms. The highest BCUT2D eigenvalue weighted by Crippen LogP contribution is 2.32. The van der Waals surface area contributed by atoms with Crippen molar-refractivity contribution in [2.24, 2.45) is 4.99 Å². The molecule has 0 fully saturated rings. The van der Waals surface area contributed by atoms with Gasteiger partial charge in [0.25, 0.3) is 0 Å². The van der Waals surface area contributed by atoms with Gasteiger partial charge < -0.3 is 14.6 Å². The summed E-state index contributed by atoms with van der Waals surface area (Å²) >= 11 is 6.15. The Morgan fingerprint density at radius 1 is 1.13 bits per heavy atom. The second-order valence-electron chi connectivity index (χ2n) is 7.20. The molecule has 0 amide bonds. The Morgan fingerprint density at radius 2 is 1.90 bits per heavy atom. The zero-order chi connectivity index (χ0) is 21.1. The van der Waals surface area contributed by atoms with Crippen LogP contribution in [0.15, 0.2) is 59.9 Å². The normalized spacial score (nSPS) is 16.0. The predicted octanol–water partition coefficient (Wildman–Crippen LogP) is 5.38. The van der Waals surface area contributed by atoms with Gasteiger partial charge in [0.15, 0.2) is 0 Å². The molecule has 0 saturated carbocycles. The third-order valence-electron chi connectivity index (χ3n) is 5.18. The molecule has 0 radical (unpaired) electrons. The van der Waals surface area contributed by atoms with Crippen LogP contribution in [0.3, 0.4) is 0 Å². The fourth-order valence-electron chi connectivity index (χ4n) is 3.67. The van der Waals surface area contributed by atoms with Crippen molar-refractivity contribution in [2.45, 2.75) is 19.8 Å². The van der Waals surface area contributed by atoms with E-state index in [1.807, 2.05) is 19.1 Å². The SMILES string of the molecule is CCOc1ccc(-c2ccc(C3CN=C(c4c(O)cncc4Cl)OC3)c(C)c2)cc1. The Kier molecular flexibility index (Phi) is 5.91. The van der Waals surface area contributed by atoms with Gasteiger partial charge in [-0.15, -0.1) is 0 Å². The van der Waals surface area contributed by atoms with Gasteiger partial charge in [0, 0.05) is 12.1 Å². The highest BCUT2D eigenvalue weighted by Gasteiger charge is 2.24. The minimum absolute atomic E-state index is 0.0319. The minimum atomic E-state index is -0.0319. The van der Waals surface area contributed by atoms with Gasteiger partial charge in [-0.3, -0.25) is 9.98 Å². The van der Waals surface area contributed by atoms with E-state index in [2.05, 4.69) is 47.2 Å². The molecule has 3 aromatic rings. The van der Waals surface area contributed by atoms with Crippen molar-refractivity contribution < 1.29 is 14.6 Å². The van der Waals surface area contributed by atoms with E-state index >= 15 is 0 Å². The molecule has 1 N–H and O–H groups in total. The number of hydrogen-bond acceptors (Lipinski definition) is 5. The molecule has 1 unspecified atom stereocenters. The lowest BCUT2D eigenvalue weighted by molar-refractivity contribution is 0.258. The van der Waals surface area contributed by atoms with E-state index in [-0.39, 0.29) is 11.7 Å². The first-order chi connectivity index (χ1) is 14.6. The van der Waals surface area contributed by atoms with Crippen molar-refractivity contribution in [3.05, 3.63) is 76.6 Å². The fourth-order valence-corrected chi connectivity index (χ4v) is 3.90. The van der Waals surface area contributed by atoms with Gasteiger partial charge in [0.2, 0.25) is 5.90 Å². The van der Waals surface area contributed by atoms with Crippen LogP contribution in [0, 0.1) is 6.92 Å². The van der Waals surface area contributed by atoms with E-state index in [9.17, 15) is 5.11 Å². The third kappa shape index (κ3) is 4.12. The Hall–Kier alpha value is -3.05. The van der Waals surface area contributed by atoms with Crippen LogP contribution in [-0.4, -0.2) is 35.7 Å². The molecule has 0 saturated heterocycles. The topological polar surface area (TPSA) is 63.9 Å². The van der Waals surface area contributed by atoms with Crippen LogP contribution in [-0.2, 0) is 4.74 Å². The van der Waals surface area contributed by atoms with Gasteiger partial charge in [0.05, 0.1) is 36.5 Å². The summed E-state index contributed by atoms with van der Waals surface area (Å²) < 4.78 is 11.4. The Bertz CT molecular complexity index is 1060. The Balaban J connectivity index is 1.52. The van der Waals surface area contributed by atoms with Crippen molar-refractivity contribution in [1.82, 2.24) is 4.98 Å². The van der Waals surface area contributed by atoms with Crippen LogP contribution >= 0.6 is 11.6 Å². The Morgan fingerprint density at radius 3 is 2.53 bits per heavy atom. The van der Waals surface area contributed by atoms with Gasteiger partial charge in [-0.25, -0.2) is 0 Å². The number of pyridine rings is 1. The molecule has 0 bridgehead atoms. The summed E-state index contributed by atoms with van der Waals surface area (Å²) in [5.41, 5.74) is 5.11. The Labute approximate surface area is 181 Å². The highest BCUT2D eigenvalue weighted by molar-refractivity contribution is 6.34. The monoisotopic (exact) mass is 422 g/mol. The number of benzene rings is 2. The number of halogens is 1. The van der Waals surface area contributed by atoms with Crippen molar-refractivity contribution in [3.63, 3.8) is 0 Å². The number of aryl methyl sites for hydroxylation is 1. The van der Waals surface area contributed by atoms with Crippen LogP contribution in [0.25, 0.3) is 11.1 Å². The van der Waals surface area contributed by atoms with Gasteiger partial charge in [0.1, 0.15) is 11.5 Å². The summed E-state index contributed by atoms with van der Waals surface area (Å²) in [6.07, 6.45) is 2.81. The van der Waals surface area contributed by atoms with Gasteiger partial charge in [-0.05, 0) is 48.2 Å². The van der Waals surface area contributed by atoms with Gasteiger partial charge in [-0.1, -0.05) is 41.9 Å². The summed E-state index contributed by atoms with van der Waals surface area (Å²) in [5, 5.41) is 10.4. The molecule has 1 aromatic heterocycles. The number of aromatic hydroxyl groups is 1. The standard InChI is InChI=1S/C24H23ClN2O3/c1-3-29-19-7-4-16(5-8-19)17-6-9-20(15(2)10-17)18-11-27-24(30-14-18)23-21(25)12-26-13-22(23)28/h4-10,12-13,18,28H,3,11,14H2,1-2H3. The van der Waals surface area contributed by atoms with Gasteiger partial charge >= 0.3 is 0 Å². The zero-order valence-corrected chi connectivity index (χ0v) is 17.7. The highest BCUT2D eigenvalue weighted by atomic mass is 35.5. The molecule has 0 spiro atoms. The fraction of sp³-hybridized carbons (Fsp3) is 0.250. The molecule has 154 valence electrons. The zero-order valence-electron chi connectivity index (χ0n) is 16.9. The maximum absolute atomic E-state index is 10.0. The van der Waals surface area contributed by atoms with Crippen LogP contribution in [0.4, 0.5) is 0 Å². The summed E-state index contributed by atoms with van der Waals surface area (Å²) in [4.78, 5) is 8.40. The largest absolute Gasteiger partial charge is 0.505 e. The van der Waals surface area contributed by atoms with Crippen molar-refractivity contribution in [3.8, 4) is 22.6 Å². The summed E-state index contributed by atoms with van der Waals surface area (Å²) in [5.74, 6) is 1.35. The van der Waals surface area contributed by atoms with Crippen LogP contribution in [0.2, 0.25) is 5.02 Å². The lowest BCUT2D eigenvalue weighted by Crippen LogP contribution is -2.23. The number of aliphatic imine (C=N–C) groups is 1. The van der Waals surface area contributed by atoms with Crippen LogP contribution in [0.1, 0.15) is 29.5 Å². The molecule has 2 aromatic carbocycles. The summed E-state index contributed by atoms with van der Waals surface area (Å²) in [7, 11) is 0. The van der Waals surface area contributed by atoms with Crippen molar-refractivity contribution >= 4 is 17.5 Å². The number of aromatic nitrogens is 1. The molecular formula is C24H23ClN2O3. The van der Waals surface area contributed by atoms with E-state index in [0.717, 1.165) is 16.9 Å². The quantitative estimate of drug-likeness (QED) is 0.599. The van der Waals surface area contributed by atoms with Gasteiger partial charge in [-0.2, -0.15) is 0 Å². The smallest absolute Gasteiger partial charge is 0.221 e. The molecule has 2 heterocycles. The summed E-state index contributed by atoms with van der Waals surface area (Å²) in [6.45, 7) is 5.79. The first-order valence-electron chi connectivity index (χ1n) is 9.90. The van der Waals surface area contributed by atoms with E-state index in [0.29, 0.717) is 36.2 Å². The molecule has 1 atom stereocenters. The summed E-state index contributed by atoms with van der Waals surface area (Å²) in [6, 6.07) is 14.6. The molecule has 0 aliphatic carbocycles. The molecule has 1 aliphatic heterocycles. The number of rotatable bonds is 5. The van der Waals surface area contributed by atoms with E-state index in [1.165, 1.54) is 23.5 Å². The predicted molar refractivity (Wildman–Crippen MR) is 119 cm³/mol. The number of nitrogens with zero attached hydrogens (tertiary/aromatic N) is 2. The minimum Gasteiger partial charge on any atom is -0.505 e. The van der Waals surface area contributed by atoms with Crippen LogP contribution < -0.4 is 4.74 Å². The first kappa shape index (κ1) is 20.2. The molecule has 4 rings (SSSR count). The lowest BCUT2D eigenvalue weighted by Gasteiger charge is -2.24. The van der Waals surface area contributed by atoms with Crippen LogP contribution in [0.5, 0.6) is 11.5 Å². The van der Waals surface area contributed by atoms with E-state index < -0.39 is 0 Å².